The van der Waals surface area contributed by atoms with E-state index in [1.807, 2.05) is 36.4 Å². The van der Waals surface area contributed by atoms with Crippen LogP contribution in [0.25, 0.3) is 11.1 Å². The number of halogens is 1. The highest BCUT2D eigenvalue weighted by Gasteiger charge is 2.41. The minimum atomic E-state index is -1.26. The zero-order chi connectivity index (χ0) is 22.0. The summed E-state index contributed by atoms with van der Waals surface area (Å²) in [7, 11) is 0. The number of fused-ring (bicyclic) bond motifs is 1. The summed E-state index contributed by atoms with van der Waals surface area (Å²) in [6.07, 6.45) is 0.274. The van der Waals surface area contributed by atoms with Crippen molar-refractivity contribution >= 4 is 5.97 Å². The molecular weight excluding hydrogens is 395 g/mol. The number of benzene rings is 3. The number of carbonyl (C=O) groups excluding carboxylic acids is 1. The Hall–Kier alpha value is -3.02. The van der Waals surface area contributed by atoms with Crippen LogP contribution in [0.3, 0.4) is 0 Å². The molecule has 0 amide bonds. The molecule has 4 rings (SSSR count). The molecule has 0 saturated carbocycles. The second kappa shape index (κ2) is 8.61. The number of hydrogen-bond acceptors (Lipinski definition) is 4. The first-order valence-electron chi connectivity index (χ1n) is 10.5. The number of carbonyl (C=O) groups is 1. The third-order valence-corrected chi connectivity index (χ3v) is 5.91. The van der Waals surface area contributed by atoms with E-state index >= 15 is 0 Å². The van der Waals surface area contributed by atoms with Gasteiger partial charge in [-0.25, -0.2) is 9.18 Å². The van der Waals surface area contributed by atoms with Crippen LogP contribution < -0.4 is 0 Å². The molecule has 160 valence electrons. The molecule has 0 aliphatic heterocycles. The maximum absolute atomic E-state index is 14.0. The molecule has 0 radical (unpaired) electrons. The largest absolute Gasteiger partial charge is 0.462 e. The van der Waals surface area contributed by atoms with Crippen molar-refractivity contribution in [3.63, 3.8) is 0 Å². The van der Waals surface area contributed by atoms with E-state index in [0.717, 1.165) is 11.1 Å². The highest BCUT2D eigenvalue weighted by atomic mass is 19.1. The maximum atomic E-state index is 14.0. The molecule has 0 fully saturated rings. The SMILES string of the molecule is CCOC(=O)c1ccc(F)cc1-c1ccc2c(c1)CCC(O)(Cc1ccccc1)C2O. The van der Waals surface area contributed by atoms with Crippen molar-refractivity contribution < 1.29 is 24.1 Å². The van der Waals surface area contributed by atoms with Gasteiger partial charge in [-0.3, -0.25) is 0 Å². The Morgan fingerprint density at radius 3 is 2.65 bits per heavy atom. The first-order valence-corrected chi connectivity index (χ1v) is 10.5. The zero-order valence-electron chi connectivity index (χ0n) is 17.3. The second-order valence-corrected chi connectivity index (χ2v) is 7.99. The van der Waals surface area contributed by atoms with Crippen molar-refractivity contribution in [2.24, 2.45) is 0 Å². The zero-order valence-corrected chi connectivity index (χ0v) is 17.3. The Morgan fingerprint density at radius 1 is 1.13 bits per heavy atom. The topological polar surface area (TPSA) is 66.8 Å². The predicted octanol–water partition coefficient (Wildman–Crippen LogP) is 4.62. The predicted molar refractivity (Wildman–Crippen MR) is 116 cm³/mol. The normalized spacial score (nSPS) is 20.2. The third-order valence-electron chi connectivity index (χ3n) is 5.91. The smallest absolute Gasteiger partial charge is 0.338 e. The Kier molecular flexibility index (Phi) is 5.90. The summed E-state index contributed by atoms with van der Waals surface area (Å²) in [6.45, 7) is 1.95. The van der Waals surface area contributed by atoms with Gasteiger partial charge in [0.25, 0.3) is 0 Å². The molecule has 2 atom stereocenters. The lowest BCUT2D eigenvalue weighted by Crippen LogP contribution is -2.42. The van der Waals surface area contributed by atoms with E-state index in [4.69, 9.17) is 4.74 Å². The van der Waals surface area contributed by atoms with Crippen LogP contribution in [0.4, 0.5) is 4.39 Å². The molecule has 0 spiro atoms. The van der Waals surface area contributed by atoms with Crippen LogP contribution in [0.5, 0.6) is 0 Å². The molecule has 2 N–H and O–H groups in total. The lowest BCUT2D eigenvalue weighted by Gasteiger charge is -2.38. The first-order chi connectivity index (χ1) is 14.9. The van der Waals surface area contributed by atoms with Crippen LogP contribution in [0.1, 0.15) is 46.5 Å². The van der Waals surface area contributed by atoms with E-state index in [1.54, 1.807) is 19.1 Å². The molecule has 3 aromatic rings. The molecule has 1 aliphatic carbocycles. The van der Waals surface area contributed by atoms with E-state index in [0.29, 0.717) is 41.5 Å². The Morgan fingerprint density at radius 2 is 1.90 bits per heavy atom. The van der Waals surface area contributed by atoms with Gasteiger partial charge in [-0.15, -0.1) is 0 Å². The van der Waals surface area contributed by atoms with Gasteiger partial charge in [-0.2, -0.15) is 0 Å². The summed E-state index contributed by atoms with van der Waals surface area (Å²) in [4.78, 5) is 12.3. The van der Waals surface area contributed by atoms with E-state index in [1.165, 1.54) is 18.2 Å². The number of aryl methyl sites for hydroxylation is 1. The fourth-order valence-corrected chi connectivity index (χ4v) is 4.31. The molecule has 0 aromatic heterocycles. The van der Waals surface area contributed by atoms with Crippen LogP contribution >= 0.6 is 0 Å². The summed E-state index contributed by atoms with van der Waals surface area (Å²) in [6, 6.07) is 18.9. The van der Waals surface area contributed by atoms with Gasteiger partial charge in [0.1, 0.15) is 11.9 Å². The van der Waals surface area contributed by atoms with E-state index in [-0.39, 0.29) is 6.61 Å². The van der Waals surface area contributed by atoms with Gasteiger partial charge in [0, 0.05) is 6.42 Å². The van der Waals surface area contributed by atoms with Crippen molar-refractivity contribution in [3.05, 3.63) is 94.8 Å². The van der Waals surface area contributed by atoms with Gasteiger partial charge >= 0.3 is 5.97 Å². The van der Waals surface area contributed by atoms with E-state index in [2.05, 4.69) is 0 Å². The Labute approximate surface area is 180 Å². The second-order valence-electron chi connectivity index (χ2n) is 7.99. The molecule has 3 aromatic carbocycles. The molecule has 5 heteroatoms. The number of aliphatic hydroxyl groups excluding tert-OH is 1. The Balaban J connectivity index is 1.67. The van der Waals surface area contributed by atoms with Crippen molar-refractivity contribution in [2.75, 3.05) is 6.61 Å². The molecule has 1 aliphatic rings. The van der Waals surface area contributed by atoms with Crippen LogP contribution in [-0.4, -0.2) is 28.4 Å². The quantitative estimate of drug-likeness (QED) is 0.591. The standard InChI is InChI=1S/C26H25FO4/c1-2-31-25(29)22-11-9-20(27)15-23(22)18-8-10-21-19(14-18)12-13-26(30,24(21)28)16-17-6-4-3-5-7-17/h3-11,14-15,24,28,30H,2,12-13,16H2,1H3. The van der Waals surface area contributed by atoms with Gasteiger partial charge in [0.15, 0.2) is 0 Å². The van der Waals surface area contributed by atoms with E-state index in [9.17, 15) is 19.4 Å². The summed E-state index contributed by atoms with van der Waals surface area (Å²) in [5.74, 6) is -0.953. The minimum Gasteiger partial charge on any atom is -0.462 e. The highest BCUT2D eigenvalue weighted by molar-refractivity contribution is 5.97. The van der Waals surface area contributed by atoms with Crippen molar-refractivity contribution in [2.45, 2.75) is 37.9 Å². The molecular formula is C26H25FO4. The monoisotopic (exact) mass is 420 g/mol. The van der Waals surface area contributed by atoms with Gasteiger partial charge in [-0.05, 0) is 65.8 Å². The fraction of sp³-hybridized carbons (Fsp3) is 0.269. The van der Waals surface area contributed by atoms with Crippen molar-refractivity contribution in [3.8, 4) is 11.1 Å². The van der Waals surface area contributed by atoms with Crippen molar-refractivity contribution in [1.82, 2.24) is 0 Å². The van der Waals surface area contributed by atoms with Crippen LogP contribution in [0.15, 0.2) is 66.7 Å². The molecule has 0 saturated heterocycles. The van der Waals surface area contributed by atoms with Crippen molar-refractivity contribution in [1.29, 1.82) is 0 Å². The minimum absolute atomic E-state index is 0.228. The van der Waals surface area contributed by atoms with Gasteiger partial charge in [0.2, 0.25) is 0 Å². The average Bonchev–Trinajstić information content (AvgIpc) is 2.77. The molecule has 31 heavy (non-hydrogen) atoms. The number of aliphatic hydroxyl groups is 2. The first kappa shape index (κ1) is 21.2. The molecule has 2 unspecified atom stereocenters. The van der Waals surface area contributed by atoms with Crippen LogP contribution in [0, 0.1) is 5.82 Å². The molecule has 0 heterocycles. The highest BCUT2D eigenvalue weighted by Crippen LogP contribution is 2.41. The lowest BCUT2D eigenvalue weighted by atomic mass is 9.74. The van der Waals surface area contributed by atoms with Crippen LogP contribution in [-0.2, 0) is 17.6 Å². The number of esters is 1. The Bertz CT molecular complexity index is 1100. The maximum Gasteiger partial charge on any atom is 0.338 e. The average molecular weight is 420 g/mol. The number of hydrogen-bond donors (Lipinski definition) is 2. The summed E-state index contributed by atoms with van der Waals surface area (Å²) >= 11 is 0. The molecule has 4 nitrogen and oxygen atoms in total. The number of ether oxygens (including phenoxy) is 1. The summed E-state index contributed by atoms with van der Waals surface area (Å²) in [5.41, 5.74) is 2.64. The van der Waals surface area contributed by atoms with Crippen LogP contribution in [0.2, 0.25) is 0 Å². The fourth-order valence-electron chi connectivity index (χ4n) is 4.31. The van der Waals surface area contributed by atoms with Gasteiger partial charge in [-0.1, -0.05) is 48.5 Å². The number of rotatable bonds is 5. The van der Waals surface area contributed by atoms with Gasteiger partial charge in [0.05, 0.1) is 17.8 Å². The third kappa shape index (κ3) is 4.24. The van der Waals surface area contributed by atoms with Gasteiger partial charge < -0.3 is 14.9 Å². The summed E-state index contributed by atoms with van der Waals surface area (Å²) in [5, 5.41) is 22.2. The molecule has 0 bridgehead atoms. The van der Waals surface area contributed by atoms with E-state index < -0.39 is 23.5 Å². The summed E-state index contributed by atoms with van der Waals surface area (Å²) < 4.78 is 19.1. The lowest BCUT2D eigenvalue weighted by molar-refractivity contribution is -0.0884.